The monoisotopic (exact) mass is 402 g/mol. The van der Waals surface area contributed by atoms with E-state index in [1.165, 1.54) is 29.7 Å². The molecule has 5 heteroatoms. The predicted octanol–water partition coefficient (Wildman–Crippen LogP) is 4.25. The first-order valence-corrected chi connectivity index (χ1v) is 11.5. The van der Waals surface area contributed by atoms with Gasteiger partial charge in [0, 0.05) is 17.3 Å². The second-order valence-corrected chi connectivity index (χ2v) is 10.7. The lowest BCUT2D eigenvalue weighted by Crippen LogP contribution is -2.51. The Bertz CT molecular complexity index is 1140. The number of hydrogen-bond donors (Lipinski definition) is 1. The zero-order chi connectivity index (χ0) is 20.8. The molecule has 0 amide bonds. The average molecular weight is 403 g/mol. The zero-order valence-electron chi connectivity index (χ0n) is 18.1. The van der Waals surface area contributed by atoms with E-state index in [-0.39, 0.29) is 16.9 Å². The van der Waals surface area contributed by atoms with E-state index in [2.05, 4.69) is 38.0 Å². The number of aryl methyl sites for hydroxylation is 1. The summed E-state index contributed by atoms with van der Waals surface area (Å²) in [5.41, 5.74) is 6.96. The number of allylic oxidation sites excluding steroid dienone is 1. The van der Waals surface area contributed by atoms with Crippen molar-refractivity contribution in [2.75, 3.05) is 0 Å². The molecular weight excluding hydrogens is 372 g/mol. The highest BCUT2D eigenvalue weighted by Gasteiger charge is 2.58. The third-order valence-electron chi connectivity index (χ3n) is 9.45. The number of rotatable bonds is 0. The van der Waals surface area contributed by atoms with E-state index in [0.29, 0.717) is 23.4 Å². The van der Waals surface area contributed by atoms with E-state index in [9.17, 15) is 10.4 Å². The van der Waals surface area contributed by atoms with Crippen molar-refractivity contribution in [2.45, 2.75) is 77.2 Å². The van der Waals surface area contributed by atoms with Crippen molar-refractivity contribution in [3.63, 3.8) is 0 Å². The van der Waals surface area contributed by atoms with Crippen molar-refractivity contribution in [1.29, 1.82) is 5.26 Å². The Kier molecular flexibility index (Phi) is 3.68. The summed E-state index contributed by atoms with van der Waals surface area (Å²) >= 11 is 0. The van der Waals surface area contributed by atoms with Crippen molar-refractivity contribution in [1.82, 2.24) is 14.6 Å². The molecule has 1 N–H and O–H groups in total. The lowest BCUT2D eigenvalue weighted by Gasteiger charge is -2.57. The number of nitrogens with zero attached hydrogens (tertiary/aromatic N) is 4. The highest BCUT2D eigenvalue weighted by Crippen LogP contribution is 2.64. The molecule has 0 spiro atoms. The first-order valence-electron chi connectivity index (χ1n) is 11.5. The summed E-state index contributed by atoms with van der Waals surface area (Å²) in [6.45, 7) is 7.07. The second kappa shape index (κ2) is 5.95. The highest BCUT2D eigenvalue weighted by atomic mass is 16.3. The van der Waals surface area contributed by atoms with Gasteiger partial charge in [0.25, 0.3) is 0 Å². The molecule has 6 rings (SSSR count). The molecule has 0 unspecified atom stereocenters. The summed E-state index contributed by atoms with van der Waals surface area (Å²) in [4.78, 5) is 4.85. The summed E-state index contributed by atoms with van der Waals surface area (Å²) in [6.07, 6.45) is 9.87. The van der Waals surface area contributed by atoms with E-state index in [4.69, 9.17) is 4.98 Å². The Morgan fingerprint density at radius 2 is 1.97 bits per heavy atom. The normalized spacial score (nSPS) is 39.5. The minimum Gasteiger partial charge on any atom is -0.393 e. The predicted molar refractivity (Wildman–Crippen MR) is 114 cm³/mol. The van der Waals surface area contributed by atoms with Crippen molar-refractivity contribution in [3.8, 4) is 6.07 Å². The summed E-state index contributed by atoms with van der Waals surface area (Å²) in [6, 6.07) is 3.99. The number of aromatic nitrogens is 3. The SMILES string of the molecule is Cc1nc2cc(C#N)nn2c2c1[C@@]1(C)CC[C@H]3[C@@H](CC=C4C[C@@H](O)CC[C@@]43C)[C@@H]1C2. The average Bonchev–Trinajstić information content (AvgIpc) is 3.27. The van der Waals surface area contributed by atoms with Gasteiger partial charge in [-0.2, -0.15) is 10.4 Å². The standard InChI is InChI=1S/C25H30N4O/c1-14-23-21(29-22(27-14)11-16(13-26)28-29)12-20-18-5-4-15-10-17(30)6-8-24(15,2)19(18)7-9-25(20,23)3/h4,11,17-20,30H,5-10,12H2,1-3H3/t17-,18+,19-,20-,24-,25-/m0/s1. The molecular formula is C25H30N4O. The van der Waals surface area contributed by atoms with Crippen molar-refractivity contribution in [2.24, 2.45) is 23.2 Å². The molecule has 0 radical (unpaired) electrons. The first-order chi connectivity index (χ1) is 14.3. The maximum absolute atomic E-state index is 10.2. The van der Waals surface area contributed by atoms with Crippen LogP contribution in [0.2, 0.25) is 0 Å². The van der Waals surface area contributed by atoms with Crippen LogP contribution >= 0.6 is 0 Å². The first kappa shape index (κ1) is 18.6. The number of aliphatic hydroxyl groups excluding tert-OH is 1. The molecule has 4 aliphatic rings. The molecule has 30 heavy (non-hydrogen) atoms. The van der Waals surface area contributed by atoms with Gasteiger partial charge in [0.1, 0.15) is 6.07 Å². The lowest BCUT2D eigenvalue weighted by atomic mass is 9.47. The van der Waals surface area contributed by atoms with Gasteiger partial charge in [-0.1, -0.05) is 25.5 Å². The number of fused-ring (bicyclic) bond motifs is 9. The van der Waals surface area contributed by atoms with Gasteiger partial charge in [0.15, 0.2) is 11.3 Å². The Balaban J connectivity index is 1.46. The number of aliphatic hydroxyl groups is 1. The lowest BCUT2D eigenvalue weighted by molar-refractivity contribution is -0.0165. The fourth-order valence-electron chi connectivity index (χ4n) is 8.04. The van der Waals surface area contributed by atoms with Crippen molar-refractivity contribution >= 4 is 5.65 Å². The number of nitriles is 1. The molecule has 0 bridgehead atoms. The van der Waals surface area contributed by atoms with Crippen LogP contribution in [-0.4, -0.2) is 25.8 Å². The van der Waals surface area contributed by atoms with Crippen LogP contribution in [0.25, 0.3) is 5.65 Å². The molecule has 0 saturated heterocycles. The van der Waals surface area contributed by atoms with Crippen LogP contribution < -0.4 is 0 Å². The fourth-order valence-corrected chi connectivity index (χ4v) is 8.04. The number of hydrogen-bond acceptors (Lipinski definition) is 4. The zero-order valence-corrected chi connectivity index (χ0v) is 18.1. The molecule has 0 aromatic carbocycles. The quantitative estimate of drug-likeness (QED) is 0.669. The molecule has 2 heterocycles. The summed E-state index contributed by atoms with van der Waals surface area (Å²) in [5.74, 6) is 1.96. The summed E-state index contributed by atoms with van der Waals surface area (Å²) in [7, 11) is 0. The van der Waals surface area contributed by atoms with Gasteiger partial charge >= 0.3 is 0 Å². The molecule has 2 fully saturated rings. The molecule has 156 valence electrons. The molecule has 5 nitrogen and oxygen atoms in total. The highest BCUT2D eigenvalue weighted by molar-refractivity contribution is 5.51. The minimum absolute atomic E-state index is 0.135. The van der Waals surface area contributed by atoms with E-state index >= 15 is 0 Å². The third-order valence-corrected chi connectivity index (χ3v) is 9.45. The smallest absolute Gasteiger partial charge is 0.165 e. The van der Waals surface area contributed by atoms with Crippen LogP contribution in [0, 0.1) is 41.4 Å². The van der Waals surface area contributed by atoms with Crippen LogP contribution in [0.4, 0.5) is 0 Å². The van der Waals surface area contributed by atoms with E-state index < -0.39 is 0 Å². The Labute approximate surface area is 177 Å². The van der Waals surface area contributed by atoms with Crippen LogP contribution in [0.5, 0.6) is 0 Å². The van der Waals surface area contributed by atoms with Gasteiger partial charge in [-0.3, -0.25) is 0 Å². The molecule has 2 aromatic rings. The second-order valence-electron chi connectivity index (χ2n) is 10.7. The third kappa shape index (κ3) is 2.21. The van der Waals surface area contributed by atoms with Gasteiger partial charge < -0.3 is 5.11 Å². The molecule has 2 saturated carbocycles. The molecule has 4 aliphatic carbocycles. The molecule has 2 aromatic heterocycles. The maximum Gasteiger partial charge on any atom is 0.165 e. The van der Waals surface area contributed by atoms with Crippen molar-refractivity contribution < 1.29 is 5.11 Å². The van der Waals surface area contributed by atoms with Gasteiger partial charge in [0.05, 0.1) is 11.8 Å². The minimum atomic E-state index is -0.151. The van der Waals surface area contributed by atoms with E-state index in [0.717, 1.165) is 43.4 Å². The van der Waals surface area contributed by atoms with Crippen LogP contribution in [-0.2, 0) is 11.8 Å². The molecule has 6 atom stereocenters. The van der Waals surface area contributed by atoms with Crippen LogP contribution in [0.3, 0.4) is 0 Å². The van der Waals surface area contributed by atoms with E-state index in [1.54, 1.807) is 0 Å². The van der Waals surface area contributed by atoms with Gasteiger partial charge in [0.2, 0.25) is 0 Å². The van der Waals surface area contributed by atoms with Gasteiger partial charge in [-0.15, -0.1) is 0 Å². The maximum atomic E-state index is 10.2. The summed E-state index contributed by atoms with van der Waals surface area (Å²) in [5, 5.41) is 24.2. The van der Waals surface area contributed by atoms with E-state index in [1.807, 2.05) is 10.6 Å². The van der Waals surface area contributed by atoms with Gasteiger partial charge in [-0.25, -0.2) is 9.50 Å². The Morgan fingerprint density at radius 1 is 1.17 bits per heavy atom. The Hall–Kier alpha value is -2.19. The van der Waals surface area contributed by atoms with Crippen LogP contribution in [0.1, 0.15) is 75.0 Å². The largest absolute Gasteiger partial charge is 0.393 e. The van der Waals surface area contributed by atoms with Crippen molar-refractivity contribution in [3.05, 3.63) is 40.4 Å². The van der Waals surface area contributed by atoms with Crippen LogP contribution in [0.15, 0.2) is 17.7 Å². The molecule has 0 aliphatic heterocycles. The topological polar surface area (TPSA) is 74.2 Å². The fraction of sp³-hybridized carbons (Fsp3) is 0.640. The Morgan fingerprint density at radius 3 is 2.77 bits per heavy atom. The summed E-state index contributed by atoms with van der Waals surface area (Å²) < 4.78 is 1.96. The van der Waals surface area contributed by atoms with Gasteiger partial charge in [-0.05, 0) is 80.5 Å².